The van der Waals surface area contributed by atoms with Gasteiger partial charge in [0, 0.05) is 23.6 Å². The summed E-state index contributed by atoms with van der Waals surface area (Å²) in [4.78, 5) is 0. The van der Waals surface area contributed by atoms with Crippen molar-refractivity contribution in [3.63, 3.8) is 0 Å². The molecule has 0 atom stereocenters. The molecule has 1 heterocycles. The van der Waals surface area contributed by atoms with E-state index in [1.54, 1.807) is 0 Å². The second-order valence-electron chi connectivity index (χ2n) is 4.22. The third-order valence-corrected chi connectivity index (χ3v) is 2.91. The smallest absolute Gasteiger partial charge is 0.101 e. The van der Waals surface area contributed by atoms with Crippen molar-refractivity contribution in [1.29, 1.82) is 5.26 Å². The lowest BCUT2D eigenvalue weighted by molar-refractivity contribution is 0.650. The van der Waals surface area contributed by atoms with Crippen LogP contribution in [0.3, 0.4) is 0 Å². The average molecular weight is 212 g/mol. The Bertz CT molecular complexity index is 544. The van der Waals surface area contributed by atoms with E-state index in [0.717, 1.165) is 23.9 Å². The van der Waals surface area contributed by atoms with E-state index >= 15 is 0 Å². The van der Waals surface area contributed by atoms with E-state index in [-0.39, 0.29) is 0 Å². The van der Waals surface area contributed by atoms with Crippen molar-refractivity contribution in [2.24, 2.45) is 0 Å². The molecule has 0 amide bonds. The average Bonchev–Trinajstić information content (AvgIpc) is 2.63. The number of fused-ring (bicyclic) bond motifs is 1. The van der Waals surface area contributed by atoms with Crippen LogP contribution in [-0.2, 0) is 6.54 Å². The zero-order chi connectivity index (χ0) is 11.5. The number of nitrogens with zero attached hydrogens (tertiary/aromatic N) is 2. The number of nitriles is 1. The van der Waals surface area contributed by atoms with Crippen molar-refractivity contribution >= 4 is 10.9 Å². The topological polar surface area (TPSA) is 28.7 Å². The Morgan fingerprint density at radius 3 is 2.88 bits per heavy atom. The highest BCUT2D eigenvalue weighted by Crippen LogP contribution is 2.22. The minimum atomic E-state index is 0.787. The third kappa shape index (κ3) is 1.81. The fraction of sp³-hybridized carbons (Fsp3) is 0.357. The molecule has 0 fully saturated rings. The second-order valence-corrected chi connectivity index (χ2v) is 4.22. The molecule has 2 heteroatoms. The highest BCUT2D eigenvalue weighted by Gasteiger charge is 2.07. The van der Waals surface area contributed by atoms with Crippen molar-refractivity contribution in [2.75, 3.05) is 0 Å². The van der Waals surface area contributed by atoms with Crippen LogP contribution < -0.4 is 0 Å². The molecule has 16 heavy (non-hydrogen) atoms. The summed E-state index contributed by atoms with van der Waals surface area (Å²) in [5.74, 6) is 0. The number of hydrogen-bond acceptors (Lipinski definition) is 1. The normalized spacial score (nSPS) is 10.6. The van der Waals surface area contributed by atoms with Gasteiger partial charge in [-0.1, -0.05) is 25.0 Å². The van der Waals surface area contributed by atoms with Crippen LogP contribution in [0.25, 0.3) is 10.9 Å². The first-order valence-electron chi connectivity index (χ1n) is 5.76. The number of hydrogen-bond donors (Lipinski definition) is 0. The van der Waals surface area contributed by atoms with E-state index in [1.807, 2.05) is 6.20 Å². The molecule has 0 saturated carbocycles. The molecule has 0 N–H and O–H groups in total. The Morgan fingerprint density at radius 2 is 2.19 bits per heavy atom. The van der Waals surface area contributed by atoms with Crippen LogP contribution in [0.2, 0.25) is 0 Å². The molecule has 2 nitrogen and oxygen atoms in total. The maximum Gasteiger partial charge on any atom is 0.101 e. The molecule has 0 unspecified atom stereocenters. The summed E-state index contributed by atoms with van der Waals surface area (Å²) >= 11 is 0. The number of aryl methyl sites for hydroxylation is 2. The van der Waals surface area contributed by atoms with Crippen LogP contribution >= 0.6 is 0 Å². The van der Waals surface area contributed by atoms with Gasteiger partial charge in [-0.05, 0) is 25.5 Å². The van der Waals surface area contributed by atoms with Gasteiger partial charge in [0.2, 0.25) is 0 Å². The molecule has 0 aliphatic rings. The van der Waals surface area contributed by atoms with E-state index in [0.29, 0.717) is 0 Å². The van der Waals surface area contributed by atoms with Crippen LogP contribution in [0.4, 0.5) is 0 Å². The van der Waals surface area contributed by atoms with Crippen LogP contribution in [0, 0.1) is 18.3 Å². The predicted octanol–water partition coefficient (Wildman–Crippen LogP) is 3.62. The Kier molecular flexibility index (Phi) is 2.96. The van der Waals surface area contributed by atoms with Crippen LogP contribution in [0.1, 0.15) is 30.9 Å². The minimum Gasteiger partial charge on any atom is -0.346 e. The number of aromatic nitrogens is 1. The maximum absolute atomic E-state index is 9.10. The van der Waals surface area contributed by atoms with Gasteiger partial charge in [0.05, 0.1) is 5.56 Å². The first kappa shape index (κ1) is 10.8. The van der Waals surface area contributed by atoms with Gasteiger partial charge in [-0.15, -0.1) is 0 Å². The third-order valence-electron chi connectivity index (χ3n) is 2.91. The van der Waals surface area contributed by atoms with Crippen LogP contribution in [0.15, 0.2) is 24.4 Å². The first-order chi connectivity index (χ1) is 7.76. The van der Waals surface area contributed by atoms with E-state index in [1.165, 1.54) is 17.5 Å². The van der Waals surface area contributed by atoms with Crippen LogP contribution in [0.5, 0.6) is 0 Å². The largest absolute Gasteiger partial charge is 0.346 e. The first-order valence-corrected chi connectivity index (χ1v) is 5.76. The maximum atomic E-state index is 9.10. The van der Waals surface area contributed by atoms with Crippen molar-refractivity contribution in [1.82, 2.24) is 4.57 Å². The van der Waals surface area contributed by atoms with E-state index in [9.17, 15) is 0 Å². The van der Waals surface area contributed by atoms with Gasteiger partial charge in [-0.2, -0.15) is 5.26 Å². The monoisotopic (exact) mass is 212 g/mol. The van der Waals surface area contributed by atoms with Gasteiger partial charge in [-0.25, -0.2) is 0 Å². The number of benzene rings is 1. The molecule has 2 aromatic rings. The Balaban J connectivity index is 2.55. The quantitative estimate of drug-likeness (QED) is 0.763. The zero-order valence-corrected chi connectivity index (χ0v) is 9.83. The SMILES string of the molecule is CCCCn1cc(C#N)c2cc(C)ccc21. The van der Waals surface area contributed by atoms with Gasteiger partial charge in [-0.3, -0.25) is 0 Å². The van der Waals surface area contributed by atoms with Gasteiger partial charge in [0.15, 0.2) is 0 Å². The lowest BCUT2D eigenvalue weighted by Gasteiger charge is -2.03. The molecule has 0 bridgehead atoms. The fourth-order valence-electron chi connectivity index (χ4n) is 2.01. The number of rotatable bonds is 3. The van der Waals surface area contributed by atoms with E-state index in [2.05, 4.69) is 42.7 Å². The van der Waals surface area contributed by atoms with Gasteiger partial charge in [0.25, 0.3) is 0 Å². The molecule has 82 valence electrons. The predicted molar refractivity (Wildman–Crippen MR) is 66.3 cm³/mol. The molecule has 1 aromatic carbocycles. The summed E-state index contributed by atoms with van der Waals surface area (Å²) in [5, 5.41) is 10.2. The van der Waals surface area contributed by atoms with Gasteiger partial charge in [0.1, 0.15) is 6.07 Å². The fourth-order valence-corrected chi connectivity index (χ4v) is 2.01. The molecular weight excluding hydrogens is 196 g/mol. The highest BCUT2D eigenvalue weighted by atomic mass is 15.0. The second kappa shape index (κ2) is 4.40. The van der Waals surface area contributed by atoms with Crippen molar-refractivity contribution in [2.45, 2.75) is 33.2 Å². The van der Waals surface area contributed by atoms with Gasteiger partial charge < -0.3 is 4.57 Å². The van der Waals surface area contributed by atoms with Crippen molar-refractivity contribution in [3.05, 3.63) is 35.5 Å². The molecule has 0 saturated heterocycles. The summed E-state index contributed by atoms with van der Waals surface area (Å²) in [5.41, 5.74) is 3.17. The highest BCUT2D eigenvalue weighted by molar-refractivity contribution is 5.87. The minimum absolute atomic E-state index is 0.787. The molecule has 0 radical (unpaired) electrons. The molecule has 0 spiro atoms. The van der Waals surface area contributed by atoms with E-state index < -0.39 is 0 Å². The van der Waals surface area contributed by atoms with Crippen molar-refractivity contribution < 1.29 is 0 Å². The lowest BCUT2D eigenvalue weighted by atomic mass is 10.1. The zero-order valence-electron chi connectivity index (χ0n) is 9.83. The van der Waals surface area contributed by atoms with Gasteiger partial charge >= 0.3 is 0 Å². The molecule has 0 aliphatic carbocycles. The Labute approximate surface area is 96.1 Å². The Hall–Kier alpha value is -1.75. The summed E-state index contributed by atoms with van der Waals surface area (Å²) in [6.07, 6.45) is 4.30. The lowest BCUT2D eigenvalue weighted by Crippen LogP contribution is -1.94. The summed E-state index contributed by atoms with van der Waals surface area (Å²) in [7, 11) is 0. The Morgan fingerprint density at radius 1 is 1.38 bits per heavy atom. The molecule has 2 rings (SSSR count). The molecule has 1 aromatic heterocycles. The van der Waals surface area contributed by atoms with Crippen LogP contribution in [-0.4, -0.2) is 4.57 Å². The summed E-state index contributed by atoms with van der Waals surface area (Å²) in [6, 6.07) is 8.58. The number of unbranched alkanes of at least 4 members (excludes halogenated alkanes) is 1. The molecular formula is C14H16N2. The summed E-state index contributed by atoms with van der Waals surface area (Å²) in [6.45, 7) is 5.24. The van der Waals surface area contributed by atoms with Crippen molar-refractivity contribution in [3.8, 4) is 6.07 Å². The van der Waals surface area contributed by atoms with E-state index in [4.69, 9.17) is 5.26 Å². The molecule has 0 aliphatic heterocycles. The standard InChI is InChI=1S/C14H16N2/c1-3-4-7-16-10-12(9-15)13-8-11(2)5-6-14(13)16/h5-6,8,10H,3-4,7H2,1-2H3. The summed E-state index contributed by atoms with van der Waals surface area (Å²) < 4.78 is 2.19.